The Morgan fingerprint density at radius 1 is 0.821 bits per heavy atom. The maximum atomic E-state index is 14.6. The summed E-state index contributed by atoms with van der Waals surface area (Å²) >= 11 is 0. The molecule has 0 N–H and O–H groups in total. The van der Waals surface area contributed by atoms with E-state index < -0.39 is 23.3 Å². The van der Waals surface area contributed by atoms with Crippen LogP contribution in [0.5, 0.6) is 11.5 Å². The van der Waals surface area contributed by atoms with Gasteiger partial charge >= 0.3 is 5.97 Å². The molecule has 0 spiro atoms. The predicted octanol–water partition coefficient (Wildman–Crippen LogP) is 9.26. The molecule has 0 unspecified atom stereocenters. The summed E-state index contributed by atoms with van der Waals surface area (Å²) in [4.78, 5) is 16.4. The van der Waals surface area contributed by atoms with E-state index in [9.17, 15) is 18.0 Å². The Morgan fingerprint density at radius 2 is 1.44 bits per heavy atom. The fourth-order valence-electron chi connectivity index (χ4n) is 4.31. The number of unbranched alkanes of at least 4 members (excludes halogenated alkanes) is 6. The number of pyridine rings is 1. The predicted molar refractivity (Wildman–Crippen MR) is 149 cm³/mol. The molecule has 0 aliphatic rings. The van der Waals surface area contributed by atoms with E-state index in [1.807, 2.05) is 0 Å². The average molecular weight is 542 g/mol. The summed E-state index contributed by atoms with van der Waals surface area (Å²) in [5.41, 5.74) is 0.233. The summed E-state index contributed by atoms with van der Waals surface area (Å²) in [6, 6.07) is 12.5. The fraction of sp³-hybridized carbons (Fsp3) is 0.438. The number of esters is 1. The first-order valence-electron chi connectivity index (χ1n) is 13.8. The summed E-state index contributed by atoms with van der Waals surface area (Å²) in [5, 5.41) is 0. The van der Waals surface area contributed by atoms with E-state index in [0.29, 0.717) is 17.7 Å². The number of ether oxygens (including phenoxy) is 2. The van der Waals surface area contributed by atoms with Crippen LogP contribution >= 0.6 is 0 Å². The molecule has 4 nitrogen and oxygen atoms in total. The number of carbonyl (C=O) groups is 1. The summed E-state index contributed by atoms with van der Waals surface area (Å²) in [6.07, 6.45) is 9.89. The molecule has 0 saturated carbocycles. The van der Waals surface area contributed by atoms with Crippen LogP contribution in [0.4, 0.5) is 13.2 Å². The third-order valence-electron chi connectivity index (χ3n) is 6.60. The molecule has 3 rings (SSSR count). The quantitative estimate of drug-likeness (QED) is 0.109. The second-order valence-corrected chi connectivity index (χ2v) is 10.0. The van der Waals surface area contributed by atoms with Crippen LogP contribution in [0.2, 0.25) is 0 Å². The number of halogens is 3. The summed E-state index contributed by atoms with van der Waals surface area (Å²) in [7, 11) is 0. The molecule has 39 heavy (non-hydrogen) atoms. The van der Waals surface area contributed by atoms with Gasteiger partial charge in [0.15, 0.2) is 17.4 Å². The third kappa shape index (κ3) is 8.84. The molecule has 2 aromatic carbocycles. The van der Waals surface area contributed by atoms with Gasteiger partial charge in [-0.3, -0.25) is 4.98 Å². The van der Waals surface area contributed by atoms with Crippen LogP contribution in [0.15, 0.2) is 54.7 Å². The third-order valence-corrected chi connectivity index (χ3v) is 6.60. The van der Waals surface area contributed by atoms with Crippen molar-refractivity contribution in [2.75, 3.05) is 6.61 Å². The molecule has 0 bridgehead atoms. The molecule has 7 heteroatoms. The molecule has 0 aliphatic heterocycles. The first-order valence-corrected chi connectivity index (χ1v) is 13.8. The molecule has 0 amide bonds. The van der Waals surface area contributed by atoms with E-state index >= 15 is 0 Å². The molecular formula is C32H38F3NO3. The van der Waals surface area contributed by atoms with Crippen molar-refractivity contribution >= 4 is 5.97 Å². The van der Waals surface area contributed by atoms with Crippen molar-refractivity contribution in [1.82, 2.24) is 4.98 Å². The Morgan fingerprint density at radius 3 is 2.03 bits per heavy atom. The molecule has 1 atom stereocenters. The highest BCUT2D eigenvalue weighted by Gasteiger charge is 2.34. The zero-order valence-corrected chi connectivity index (χ0v) is 23.1. The van der Waals surface area contributed by atoms with Gasteiger partial charge in [0, 0.05) is 17.3 Å². The number of hydrogen-bond donors (Lipinski definition) is 0. The van der Waals surface area contributed by atoms with E-state index in [2.05, 4.69) is 11.9 Å². The van der Waals surface area contributed by atoms with Crippen LogP contribution in [0, 0.1) is 11.6 Å². The lowest BCUT2D eigenvalue weighted by atomic mass is 10.0. The van der Waals surface area contributed by atoms with Crippen LogP contribution < -0.4 is 9.47 Å². The van der Waals surface area contributed by atoms with Crippen molar-refractivity contribution in [3.8, 4) is 33.9 Å². The van der Waals surface area contributed by atoms with Gasteiger partial charge in [0.25, 0.3) is 0 Å². The number of hydrogen-bond acceptors (Lipinski definition) is 4. The van der Waals surface area contributed by atoms with Gasteiger partial charge in [-0.05, 0) is 55.7 Å². The minimum atomic E-state index is -2.04. The first kappa shape index (κ1) is 30.2. The molecule has 0 aliphatic carbocycles. The summed E-state index contributed by atoms with van der Waals surface area (Å²) in [6.45, 7) is 5.47. The van der Waals surface area contributed by atoms with Crippen LogP contribution in [0.1, 0.15) is 78.6 Å². The van der Waals surface area contributed by atoms with E-state index in [1.165, 1.54) is 44.7 Å². The minimum absolute atomic E-state index is 0.0880. The highest BCUT2D eigenvalue weighted by Crippen LogP contribution is 2.30. The molecule has 0 fully saturated rings. The van der Waals surface area contributed by atoms with Crippen molar-refractivity contribution < 1.29 is 27.4 Å². The normalized spacial score (nSPS) is 12.7. The Bertz CT molecular complexity index is 1170. The fourth-order valence-corrected chi connectivity index (χ4v) is 4.31. The number of alkyl halides is 1. The molecule has 3 aromatic rings. The van der Waals surface area contributed by atoms with Gasteiger partial charge in [0.05, 0.1) is 12.3 Å². The van der Waals surface area contributed by atoms with Crippen molar-refractivity contribution in [2.24, 2.45) is 0 Å². The highest BCUT2D eigenvalue weighted by atomic mass is 19.1. The van der Waals surface area contributed by atoms with E-state index in [1.54, 1.807) is 49.5 Å². The average Bonchev–Trinajstić information content (AvgIpc) is 2.92. The molecule has 210 valence electrons. The Labute approximate surface area is 229 Å². The highest BCUT2D eigenvalue weighted by molar-refractivity contribution is 5.81. The lowest BCUT2D eigenvalue weighted by molar-refractivity contribution is -0.147. The molecule has 0 saturated heterocycles. The first-order chi connectivity index (χ1) is 18.7. The summed E-state index contributed by atoms with van der Waals surface area (Å²) < 4.78 is 54.2. The lowest BCUT2D eigenvalue weighted by Crippen LogP contribution is -2.34. The van der Waals surface area contributed by atoms with E-state index in [-0.39, 0.29) is 24.5 Å². The van der Waals surface area contributed by atoms with Crippen molar-refractivity contribution in [3.63, 3.8) is 0 Å². The molecule has 1 aromatic heterocycles. The smallest absolute Gasteiger partial charge is 0.348 e. The van der Waals surface area contributed by atoms with Crippen LogP contribution in [-0.4, -0.2) is 23.2 Å². The minimum Gasteiger partial charge on any atom is -0.488 e. The van der Waals surface area contributed by atoms with Gasteiger partial charge in [0.2, 0.25) is 5.67 Å². The van der Waals surface area contributed by atoms with E-state index in [4.69, 9.17) is 9.47 Å². The van der Waals surface area contributed by atoms with Crippen molar-refractivity contribution in [2.45, 2.75) is 84.2 Å². The van der Waals surface area contributed by atoms with Crippen LogP contribution in [0.3, 0.4) is 0 Å². The van der Waals surface area contributed by atoms with Gasteiger partial charge in [-0.15, -0.1) is 0 Å². The van der Waals surface area contributed by atoms with Crippen molar-refractivity contribution in [1.29, 1.82) is 0 Å². The van der Waals surface area contributed by atoms with Crippen LogP contribution in [-0.2, 0) is 4.79 Å². The monoisotopic (exact) mass is 541 g/mol. The molecule has 0 radical (unpaired) electrons. The molecule has 1 heterocycles. The number of aromatic nitrogens is 1. The molecular weight excluding hydrogens is 503 g/mol. The standard InChI is InChI=1S/C32H38F3NO3/c1-4-6-7-8-9-10-11-19-38-30-27(33)20-25(21-28(30)34)29-17-14-24(22-36-29)23-12-15-26(16-13-23)39-31(37)32(3,35)18-5-2/h12-17,20-22H,4-11,18-19H2,1-3H3/t32-/m0/s1. The zero-order valence-electron chi connectivity index (χ0n) is 23.1. The maximum absolute atomic E-state index is 14.6. The Balaban J connectivity index is 1.58. The number of nitrogens with zero attached hydrogens (tertiary/aromatic N) is 1. The number of carbonyl (C=O) groups excluding carboxylic acids is 1. The van der Waals surface area contributed by atoms with Crippen LogP contribution in [0.25, 0.3) is 22.4 Å². The van der Waals surface area contributed by atoms with E-state index in [0.717, 1.165) is 30.4 Å². The largest absolute Gasteiger partial charge is 0.488 e. The summed E-state index contributed by atoms with van der Waals surface area (Å²) in [5.74, 6) is -2.55. The second kappa shape index (κ2) is 14.7. The maximum Gasteiger partial charge on any atom is 0.348 e. The SMILES string of the molecule is CCCCCCCCCOc1c(F)cc(-c2ccc(-c3ccc(OC(=O)[C@@](C)(F)CCC)cc3)cn2)cc1F. The van der Waals surface area contributed by atoms with Gasteiger partial charge in [-0.2, -0.15) is 0 Å². The lowest BCUT2D eigenvalue weighted by Gasteiger charge is -2.17. The second-order valence-electron chi connectivity index (χ2n) is 10.0. The van der Waals surface area contributed by atoms with Gasteiger partial charge in [0.1, 0.15) is 5.75 Å². The number of rotatable bonds is 15. The van der Waals surface area contributed by atoms with Crippen molar-refractivity contribution in [3.05, 3.63) is 66.4 Å². The van der Waals surface area contributed by atoms with Gasteiger partial charge in [-0.25, -0.2) is 18.0 Å². The van der Waals surface area contributed by atoms with Gasteiger partial charge < -0.3 is 9.47 Å². The van der Waals surface area contributed by atoms with Gasteiger partial charge in [-0.1, -0.05) is 77.0 Å². The Hall–Kier alpha value is -3.35. The zero-order chi connectivity index (χ0) is 28.3. The topological polar surface area (TPSA) is 48.4 Å². The number of benzene rings is 2. The Kier molecular flexibility index (Phi) is 11.4.